The van der Waals surface area contributed by atoms with Gasteiger partial charge < -0.3 is 15.8 Å². The number of nitrogens with two attached hydrogens (primary N) is 1. The fraction of sp³-hybridized carbons (Fsp3) is 0.611. The van der Waals surface area contributed by atoms with Gasteiger partial charge in [-0.15, -0.1) is 11.3 Å². The molecule has 1 aliphatic rings. The summed E-state index contributed by atoms with van der Waals surface area (Å²) in [6, 6.07) is 0.264. The normalized spacial score (nSPS) is 17.5. The van der Waals surface area contributed by atoms with E-state index in [2.05, 4.69) is 17.1 Å². The van der Waals surface area contributed by atoms with E-state index in [0.717, 1.165) is 29.7 Å². The van der Waals surface area contributed by atoms with Gasteiger partial charge in [0.15, 0.2) is 0 Å². The zero-order chi connectivity index (χ0) is 19.5. The number of fused-ring (bicyclic) bond motifs is 1. The molecule has 144 valence electrons. The van der Waals surface area contributed by atoms with Crippen LogP contribution in [0.25, 0.3) is 0 Å². The molecule has 0 saturated heterocycles. The highest BCUT2D eigenvalue weighted by molar-refractivity contribution is 7.17. The summed E-state index contributed by atoms with van der Waals surface area (Å²) in [6.07, 6.45) is 3.33. The minimum absolute atomic E-state index is 0.262. The molecule has 0 fully saturated rings. The van der Waals surface area contributed by atoms with Crippen LogP contribution >= 0.6 is 11.3 Å². The van der Waals surface area contributed by atoms with E-state index in [0.29, 0.717) is 30.1 Å². The summed E-state index contributed by atoms with van der Waals surface area (Å²) < 4.78 is 4.93. The Morgan fingerprint density at radius 3 is 2.69 bits per heavy atom. The molecular weight excluding hydrogens is 354 g/mol. The summed E-state index contributed by atoms with van der Waals surface area (Å²) in [4.78, 5) is 38.3. The van der Waals surface area contributed by atoms with E-state index < -0.39 is 11.3 Å². The second kappa shape index (κ2) is 8.18. The Hall–Kier alpha value is -1.93. The van der Waals surface area contributed by atoms with Gasteiger partial charge in [0.2, 0.25) is 6.41 Å². The minimum atomic E-state index is -0.662. The highest BCUT2D eigenvalue weighted by atomic mass is 32.1. The van der Waals surface area contributed by atoms with Crippen LogP contribution in [0.1, 0.15) is 54.4 Å². The molecule has 8 heteroatoms. The molecule has 0 unspecified atom stereocenters. The van der Waals surface area contributed by atoms with E-state index in [1.165, 1.54) is 18.4 Å². The van der Waals surface area contributed by atoms with Crippen LogP contribution in [0.4, 0.5) is 5.00 Å². The topological polar surface area (TPSA) is 102 Å². The molecule has 0 aromatic carbocycles. The molecule has 26 heavy (non-hydrogen) atoms. The van der Waals surface area contributed by atoms with Crippen molar-refractivity contribution in [1.29, 1.82) is 0 Å². The second-order valence-corrected chi connectivity index (χ2v) is 8.37. The number of primary amides is 1. The average molecular weight is 381 g/mol. The van der Waals surface area contributed by atoms with Crippen LogP contribution in [0.5, 0.6) is 0 Å². The number of carbonyl (C=O) groups excluding carboxylic acids is 3. The molecule has 2 amide bonds. The predicted octanol–water partition coefficient (Wildman–Crippen LogP) is 2.14. The number of anilines is 1. The van der Waals surface area contributed by atoms with E-state index >= 15 is 0 Å². The summed E-state index contributed by atoms with van der Waals surface area (Å²) in [5, 5.41) is 3.10. The zero-order valence-corrected chi connectivity index (χ0v) is 16.6. The maximum atomic E-state index is 12.1. The lowest BCUT2D eigenvalue weighted by molar-refractivity contribution is -0.152. The molecule has 1 aromatic rings. The predicted molar refractivity (Wildman–Crippen MR) is 101 cm³/mol. The zero-order valence-electron chi connectivity index (χ0n) is 15.8. The minimum Gasteiger partial charge on any atom is -0.469 e. The van der Waals surface area contributed by atoms with Gasteiger partial charge in [-0.25, -0.2) is 0 Å². The van der Waals surface area contributed by atoms with Crippen molar-refractivity contribution in [3.8, 4) is 0 Å². The van der Waals surface area contributed by atoms with Crippen LogP contribution in [0.3, 0.4) is 0 Å². The number of nitrogens with one attached hydrogen (secondary N) is 1. The molecule has 0 saturated carbocycles. The van der Waals surface area contributed by atoms with Crippen molar-refractivity contribution in [2.24, 2.45) is 11.1 Å². The van der Waals surface area contributed by atoms with Crippen molar-refractivity contribution >= 4 is 34.6 Å². The standard InChI is InChI=1S/C18H27N3O4S/c1-5-6-11-7-13-12(14(15(19)23)16(26-13)20-10-22)8-21(11)9-18(2,3)17(24)25-4/h10-11H,5-9H2,1-4H3,(H2,19,23)(H,20,22)/t11-/m1/s1. The molecule has 7 nitrogen and oxygen atoms in total. The number of nitrogens with zero attached hydrogens (tertiary/aromatic N) is 1. The van der Waals surface area contributed by atoms with E-state index in [1.54, 1.807) is 0 Å². The Morgan fingerprint density at radius 2 is 2.15 bits per heavy atom. The quantitative estimate of drug-likeness (QED) is 0.531. The van der Waals surface area contributed by atoms with Crippen LogP contribution in [0.15, 0.2) is 0 Å². The molecule has 1 atom stereocenters. The first kappa shape index (κ1) is 20.4. The number of carbonyl (C=O) groups is 3. The van der Waals surface area contributed by atoms with Crippen LogP contribution < -0.4 is 11.1 Å². The van der Waals surface area contributed by atoms with Crippen molar-refractivity contribution in [3.63, 3.8) is 0 Å². The first-order chi connectivity index (χ1) is 12.2. The van der Waals surface area contributed by atoms with E-state index in [-0.39, 0.29) is 12.0 Å². The van der Waals surface area contributed by atoms with Crippen molar-refractivity contribution in [2.45, 2.75) is 52.6 Å². The molecule has 0 spiro atoms. The van der Waals surface area contributed by atoms with Gasteiger partial charge in [-0.1, -0.05) is 13.3 Å². The Bertz CT molecular complexity index is 699. The first-order valence-electron chi connectivity index (χ1n) is 8.72. The van der Waals surface area contributed by atoms with Gasteiger partial charge in [0.05, 0.1) is 18.1 Å². The van der Waals surface area contributed by atoms with Crippen LogP contribution in [0.2, 0.25) is 0 Å². The maximum absolute atomic E-state index is 12.1. The van der Waals surface area contributed by atoms with Gasteiger partial charge >= 0.3 is 5.97 Å². The smallest absolute Gasteiger partial charge is 0.312 e. The Morgan fingerprint density at radius 1 is 1.46 bits per heavy atom. The molecular formula is C18H27N3O4S. The maximum Gasteiger partial charge on any atom is 0.312 e. The average Bonchev–Trinajstić information content (AvgIpc) is 2.91. The van der Waals surface area contributed by atoms with Gasteiger partial charge in [-0.3, -0.25) is 19.3 Å². The summed E-state index contributed by atoms with van der Waals surface area (Å²) in [7, 11) is 1.39. The van der Waals surface area contributed by atoms with Crippen molar-refractivity contribution in [2.75, 3.05) is 19.0 Å². The summed E-state index contributed by atoms with van der Waals surface area (Å²) in [5.41, 5.74) is 6.15. The Labute approximate surface area is 157 Å². The number of thiophene rings is 1. The van der Waals surface area contributed by atoms with Gasteiger partial charge in [0, 0.05) is 24.0 Å². The fourth-order valence-electron chi connectivity index (χ4n) is 3.59. The van der Waals surface area contributed by atoms with Gasteiger partial charge in [-0.05, 0) is 32.3 Å². The molecule has 3 N–H and O–H groups in total. The Balaban J connectivity index is 2.39. The SMILES string of the molecule is CCC[C@@H]1Cc2sc(NC=O)c(C(N)=O)c2CN1CC(C)(C)C(=O)OC. The molecule has 0 bridgehead atoms. The number of hydrogen-bond donors (Lipinski definition) is 2. The second-order valence-electron chi connectivity index (χ2n) is 7.26. The molecule has 0 aliphatic carbocycles. The number of esters is 1. The lowest BCUT2D eigenvalue weighted by Gasteiger charge is -2.39. The van der Waals surface area contributed by atoms with Crippen LogP contribution in [-0.2, 0) is 27.3 Å². The highest BCUT2D eigenvalue weighted by Gasteiger charge is 2.37. The first-order valence-corrected chi connectivity index (χ1v) is 9.53. The monoisotopic (exact) mass is 381 g/mol. The van der Waals surface area contributed by atoms with Gasteiger partial charge in [-0.2, -0.15) is 0 Å². The number of amides is 2. The summed E-state index contributed by atoms with van der Waals surface area (Å²) >= 11 is 1.41. The lowest BCUT2D eigenvalue weighted by Crippen LogP contribution is -2.47. The number of hydrogen-bond acceptors (Lipinski definition) is 6. The summed E-state index contributed by atoms with van der Waals surface area (Å²) in [6.45, 7) is 6.89. The van der Waals surface area contributed by atoms with Crippen molar-refractivity contribution in [1.82, 2.24) is 4.90 Å². The number of rotatable bonds is 8. The molecule has 1 aliphatic heterocycles. The largest absolute Gasteiger partial charge is 0.469 e. The molecule has 2 heterocycles. The van der Waals surface area contributed by atoms with E-state index in [1.807, 2.05) is 13.8 Å². The third kappa shape index (κ3) is 4.07. The van der Waals surface area contributed by atoms with Gasteiger partial charge in [0.1, 0.15) is 5.00 Å². The number of methoxy groups -OCH3 is 1. The van der Waals surface area contributed by atoms with Gasteiger partial charge in [0.25, 0.3) is 5.91 Å². The molecule has 2 rings (SSSR count). The Kier molecular flexibility index (Phi) is 6.41. The lowest BCUT2D eigenvalue weighted by atomic mass is 9.88. The third-order valence-electron chi connectivity index (χ3n) is 4.78. The third-order valence-corrected chi connectivity index (χ3v) is 5.97. The number of ether oxygens (including phenoxy) is 1. The van der Waals surface area contributed by atoms with Crippen molar-refractivity contribution < 1.29 is 19.1 Å². The molecule has 1 aromatic heterocycles. The van der Waals surface area contributed by atoms with E-state index in [9.17, 15) is 14.4 Å². The van der Waals surface area contributed by atoms with Crippen LogP contribution in [-0.4, -0.2) is 42.9 Å². The van der Waals surface area contributed by atoms with Crippen molar-refractivity contribution in [3.05, 3.63) is 16.0 Å². The fourth-order valence-corrected chi connectivity index (χ4v) is 4.83. The van der Waals surface area contributed by atoms with Crippen LogP contribution in [0, 0.1) is 5.41 Å². The molecule has 0 radical (unpaired) electrons. The summed E-state index contributed by atoms with van der Waals surface area (Å²) in [5.74, 6) is -0.810. The van der Waals surface area contributed by atoms with E-state index in [4.69, 9.17) is 10.5 Å². The highest BCUT2D eigenvalue weighted by Crippen LogP contribution is 2.40.